The Morgan fingerprint density at radius 2 is 1.71 bits per heavy atom. The Balaban J connectivity index is 3.66. The lowest BCUT2D eigenvalue weighted by atomic mass is 9.93. The summed E-state index contributed by atoms with van der Waals surface area (Å²) in [6, 6.07) is 0. The summed E-state index contributed by atoms with van der Waals surface area (Å²) in [5.41, 5.74) is 0.0215. The van der Waals surface area contributed by atoms with Gasteiger partial charge in [0.1, 0.15) is 13.2 Å². The van der Waals surface area contributed by atoms with Gasteiger partial charge in [0.25, 0.3) is 0 Å². The number of esters is 1. The zero-order valence-electron chi connectivity index (χ0n) is 10.4. The van der Waals surface area contributed by atoms with Gasteiger partial charge in [-0.2, -0.15) is 0 Å². The average molecular weight is 202 g/mol. The van der Waals surface area contributed by atoms with Crippen LogP contribution in [0.25, 0.3) is 0 Å². The SMILES string of the molecule is CC(C)(C)CC(=O)OCC[N+](C)(C)C. The van der Waals surface area contributed by atoms with Gasteiger partial charge in [0.2, 0.25) is 0 Å². The quantitative estimate of drug-likeness (QED) is 0.512. The van der Waals surface area contributed by atoms with Crippen LogP contribution < -0.4 is 0 Å². The van der Waals surface area contributed by atoms with Crippen molar-refractivity contribution in [2.24, 2.45) is 5.41 Å². The molecular weight excluding hydrogens is 178 g/mol. The molecule has 0 aromatic rings. The van der Waals surface area contributed by atoms with Crippen LogP contribution in [0.5, 0.6) is 0 Å². The summed E-state index contributed by atoms with van der Waals surface area (Å²) < 4.78 is 5.96. The van der Waals surface area contributed by atoms with Crippen LogP contribution in [0.15, 0.2) is 0 Å². The normalized spacial score (nSPS) is 12.7. The van der Waals surface area contributed by atoms with E-state index in [1.165, 1.54) is 0 Å². The summed E-state index contributed by atoms with van der Waals surface area (Å²) in [6.45, 7) is 7.48. The molecule has 0 rings (SSSR count). The van der Waals surface area contributed by atoms with Crippen molar-refractivity contribution < 1.29 is 14.0 Å². The molecule has 0 unspecified atom stereocenters. The van der Waals surface area contributed by atoms with Crippen LogP contribution in [0.3, 0.4) is 0 Å². The van der Waals surface area contributed by atoms with Crippen LogP contribution in [0.1, 0.15) is 27.2 Å². The van der Waals surface area contributed by atoms with Crippen molar-refractivity contribution in [2.75, 3.05) is 34.3 Å². The Kier molecular flexibility index (Phi) is 4.59. The zero-order valence-corrected chi connectivity index (χ0v) is 10.4. The summed E-state index contributed by atoms with van der Waals surface area (Å²) in [5.74, 6) is -0.0917. The number of carbonyl (C=O) groups excluding carboxylic acids is 1. The first-order valence-electron chi connectivity index (χ1n) is 5.06. The van der Waals surface area contributed by atoms with Gasteiger partial charge in [-0.25, -0.2) is 0 Å². The molecule has 0 radical (unpaired) electrons. The van der Waals surface area contributed by atoms with Crippen molar-refractivity contribution in [3.8, 4) is 0 Å². The fourth-order valence-corrected chi connectivity index (χ4v) is 0.917. The van der Waals surface area contributed by atoms with Crippen LogP contribution in [-0.4, -0.2) is 44.7 Å². The molecule has 3 heteroatoms. The van der Waals surface area contributed by atoms with E-state index in [1.807, 2.05) is 20.8 Å². The maximum absolute atomic E-state index is 11.3. The fourth-order valence-electron chi connectivity index (χ4n) is 0.917. The molecule has 0 saturated carbocycles. The summed E-state index contributed by atoms with van der Waals surface area (Å²) >= 11 is 0. The molecule has 0 amide bonds. The van der Waals surface area contributed by atoms with Gasteiger partial charge >= 0.3 is 5.97 Å². The van der Waals surface area contributed by atoms with E-state index in [0.29, 0.717) is 13.0 Å². The van der Waals surface area contributed by atoms with E-state index in [1.54, 1.807) is 0 Å². The number of nitrogens with zero attached hydrogens (tertiary/aromatic N) is 1. The Morgan fingerprint density at radius 3 is 2.07 bits per heavy atom. The molecule has 0 aliphatic carbocycles. The first-order valence-corrected chi connectivity index (χ1v) is 5.06. The molecular formula is C11H24NO2+. The minimum atomic E-state index is -0.0917. The molecule has 0 heterocycles. The largest absolute Gasteiger partial charge is 0.460 e. The number of hydrogen-bond donors (Lipinski definition) is 0. The number of carbonyl (C=O) groups is 1. The smallest absolute Gasteiger partial charge is 0.306 e. The lowest BCUT2D eigenvalue weighted by molar-refractivity contribution is -0.870. The van der Waals surface area contributed by atoms with Gasteiger partial charge < -0.3 is 9.22 Å². The van der Waals surface area contributed by atoms with E-state index in [0.717, 1.165) is 11.0 Å². The molecule has 0 aliphatic heterocycles. The van der Waals surface area contributed by atoms with Gasteiger partial charge in [-0.1, -0.05) is 20.8 Å². The summed E-state index contributed by atoms with van der Waals surface area (Å²) in [5, 5.41) is 0. The Morgan fingerprint density at radius 1 is 1.21 bits per heavy atom. The van der Waals surface area contributed by atoms with Gasteiger partial charge in [0.05, 0.1) is 27.6 Å². The molecule has 0 aromatic carbocycles. The van der Waals surface area contributed by atoms with Crippen LogP contribution >= 0.6 is 0 Å². The maximum atomic E-state index is 11.3. The highest BCUT2D eigenvalue weighted by Gasteiger charge is 2.17. The topological polar surface area (TPSA) is 26.3 Å². The monoisotopic (exact) mass is 202 g/mol. The lowest BCUT2D eigenvalue weighted by Crippen LogP contribution is -2.38. The minimum Gasteiger partial charge on any atom is -0.460 e. The fraction of sp³-hybridized carbons (Fsp3) is 0.909. The highest BCUT2D eigenvalue weighted by atomic mass is 16.5. The summed E-state index contributed by atoms with van der Waals surface area (Å²) in [4.78, 5) is 11.3. The highest BCUT2D eigenvalue weighted by Crippen LogP contribution is 2.18. The van der Waals surface area contributed by atoms with E-state index in [4.69, 9.17) is 4.74 Å². The molecule has 3 nitrogen and oxygen atoms in total. The van der Waals surface area contributed by atoms with E-state index in [-0.39, 0.29) is 11.4 Å². The maximum Gasteiger partial charge on any atom is 0.306 e. The molecule has 0 aliphatic rings. The zero-order chi connectivity index (χ0) is 11.4. The van der Waals surface area contributed by atoms with Crippen LogP contribution in [0.4, 0.5) is 0 Å². The van der Waals surface area contributed by atoms with Gasteiger partial charge in [0, 0.05) is 0 Å². The number of quaternary nitrogens is 1. The second kappa shape index (κ2) is 4.78. The predicted molar refractivity (Wildman–Crippen MR) is 57.9 cm³/mol. The Hall–Kier alpha value is -0.570. The van der Waals surface area contributed by atoms with Gasteiger partial charge in [-0.15, -0.1) is 0 Å². The van der Waals surface area contributed by atoms with Crippen LogP contribution in [0, 0.1) is 5.41 Å². The Bertz CT molecular complexity index is 186. The molecule has 0 atom stereocenters. The van der Waals surface area contributed by atoms with Crippen molar-refractivity contribution >= 4 is 5.97 Å². The molecule has 0 fully saturated rings. The van der Waals surface area contributed by atoms with E-state index >= 15 is 0 Å². The van der Waals surface area contributed by atoms with Crippen molar-refractivity contribution in [3.05, 3.63) is 0 Å². The molecule has 0 bridgehead atoms. The van der Waals surface area contributed by atoms with Gasteiger partial charge in [-0.05, 0) is 5.41 Å². The van der Waals surface area contributed by atoms with E-state index in [9.17, 15) is 4.79 Å². The average Bonchev–Trinajstić information content (AvgIpc) is 1.78. The minimum absolute atomic E-state index is 0.0215. The standard InChI is InChI=1S/C11H24NO2/c1-11(2,3)9-10(13)14-8-7-12(4,5)6/h7-9H2,1-6H3/q+1. The second-order valence-electron chi connectivity index (χ2n) is 5.97. The molecule has 0 N–H and O–H groups in total. The number of ether oxygens (including phenoxy) is 1. The third-order valence-corrected chi connectivity index (χ3v) is 1.70. The highest BCUT2D eigenvalue weighted by molar-refractivity contribution is 5.70. The van der Waals surface area contributed by atoms with Gasteiger partial charge in [-0.3, -0.25) is 4.79 Å². The number of rotatable bonds is 4. The predicted octanol–water partition coefficient (Wildman–Crippen LogP) is 1.67. The molecule has 84 valence electrons. The first kappa shape index (κ1) is 13.4. The second-order valence-corrected chi connectivity index (χ2v) is 5.97. The summed E-state index contributed by atoms with van der Waals surface area (Å²) in [6.07, 6.45) is 0.490. The van der Waals surface area contributed by atoms with Crippen molar-refractivity contribution in [2.45, 2.75) is 27.2 Å². The Labute approximate surface area is 87.6 Å². The van der Waals surface area contributed by atoms with Crippen molar-refractivity contribution in [1.82, 2.24) is 0 Å². The molecule has 0 aromatic heterocycles. The first-order chi connectivity index (χ1) is 6.10. The van der Waals surface area contributed by atoms with Crippen molar-refractivity contribution in [3.63, 3.8) is 0 Å². The molecule has 0 saturated heterocycles. The lowest BCUT2D eigenvalue weighted by Gasteiger charge is -2.24. The number of likely N-dealkylation sites (N-methyl/N-ethyl adjacent to an activating group) is 1. The number of hydrogen-bond acceptors (Lipinski definition) is 2. The van der Waals surface area contributed by atoms with Crippen molar-refractivity contribution in [1.29, 1.82) is 0 Å². The third-order valence-electron chi connectivity index (χ3n) is 1.70. The van der Waals surface area contributed by atoms with E-state index < -0.39 is 0 Å². The molecule has 0 spiro atoms. The van der Waals surface area contributed by atoms with Crippen LogP contribution in [-0.2, 0) is 9.53 Å². The van der Waals surface area contributed by atoms with Crippen LogP contribution in [0.2, 0.25) is 0 Å². The third kappa shape index (κ3) is 9.52. The summed E-state index contributed by atoms with van der Waals surface area (Å²) in [7, 11) is 6.24. The van der Waals surface area contributed by atoms with Gasteiger partial charge in [0.15, 0.2) is 0 Å². The molecule has 14 heavy (non-hydrogen) atoms. The van der Waals surface area contributed by atoms with E-state index in [2.05, 4.69) is 21.1 Å².